The predicted molar refractivity (Wildman–Crippen MR) is 93.2 cm³/mol. The van der Waals surface area contributed by atoms with E-state index in [1.165, 1.54) is 16.7 Å². The molecule has 1 aliphatic rings. The molecule has 0 unspecified atom stereocenters. The molecule has 1 heterocycles. The predicted octanol–water partition coefficient (Wildman–Crippen LogP) is 3.97. The van der Waals surface area contributed by atoms with Gasteiger partial charge in [-0.2, -0.15) is 0 Å². The average Bonchev–Trinajstić information content (AvgIpc) is 2.54. The van der Waals surface area contributed by atoms with E-state index in [-0.39, 0.29) is 0 Å². The highest BCUT2D eigenvalue weighted by molar-refractivity contribution is 6.30. The molecule has 0 bridgehead atoms. The highest BCUT2D eigenvalue weighted by Crippen LogP contribution is 2.15. The van der Waals surface area contributed by atoms with E-state index in [9.17, 15) is 0 Å². The normalized spacial score (nSPS) is 16.8. The van der Waals surface area contributed by atoms with Crippen LogP contribution in [-0.2, 0) is 13.1 Å². The summed E-state index contributed by atoms with van der Waals surface area (Å²) in [6.45, 7) is 8.84. The molecule has 3 heteroatoms. The second kappa shape index (κ2) is 7.28. The summed E-state index contributed by atoms with van der Waals surface area (Å²) in [6.07, 6.45) is 0. The summed E-state index contributed by atoms with van der Waals surface area (Å²) >= 11 is 5.94. The fraction of sp³-hybridized carbons (Fsp3) is 0.368. The lowest BCUT2D eigenvalue weighted by Gasteiger charge is -2.35. The van der Waals surface area contributed by atoms with Gasteiger partial charge in [-0.05, 0) is 35.7 Å². The highest BCUT2D eigenvalue weighted by atomic mass is 35.5. The first-order valence-corrected chi connectivity index (χ1v) is 8.32. The topological polar surface area (TPSA) is 6.48 Å². The summed E-state index contributed by atoms with van der Waals surface area (Å²) < 4.78 is 0. The van der Waals surface area contributed by atoms with Crippen LogP contribution < -0.4 is 0 Å². The standard InChI is InChI=1S/C19H23ClN2/c1-16-4-2-3-5-18(16)15-22-12-10-21(11-13-22)14-17-6-8-19(20)9-7-17/h2-9H,10-15H2,1H3. The third-order valence-corrected chi connectivity index (χ3v) is 4.69. The Kier molecular flexibility index (Phi) is 5.14. The van der Waals surface area contributed by atoms with Crippen molar-refractivity contribution in [1.82, 2.24) is 9.80 Å². The highest BCUT2D eigenvalue weighted by Gasteiger charge is 2.17. The summed E-state index contributed by atoms with van der Waals surface area (Å²) in [6, 6.07) is 16.9. The molecule has 0 aliphatic carbocycles. The molecule has 1 saturated heterocycles. The van der Waals surface area contributed by atoms with Gasteiger partial charge in [-0.15, -0.1) is 0 Å². The Morgan fingerprint density at radius 1 is 0.818 bits per heavy atom. The molecular formula is C19H23ClN2. The first-order chi connectivity index (χ1) is 10.7. The van der Waals surface area contributed by atoms with Crippen molar-refractivity contribution in [3.63, 3.8) is 0 Å². The van der Waals surface area contributed by atoms with Crippen molar-refractivity contribution in [1.29, 1.82) is 0 Å². The maximum Gasteiger partial charge on any atom is 0.0406 e. The van der Waals surface area contributed by atoms with Gasteiger partial charge in [0.25, 0.3) is 0 Å². The van der Waals surface area contributed by atoms with Gasteiger partial charge in [-0.25, -0.2) is 0 Å². The molecule has 3 rings (SSSR count). The molecule has 0 radical (unpaired) electrons. The molecule has 0 spiro atoms. The van der Waals surface area contributed by atoms with Crippen LogP contribution in [0.3, 0.4) is 0 Å². The second-order valence-electron chi connectivity index (χ2n) is 6.11. The van der Waals surface area contributed by atoms with Crippen LogP contribution >= 0.6 is 11.6 Å². The van der Waals surface area contributed by atoms with E-state index in [0.717, 1.165) is 44.3 Å². The van der Waals surface area contributed by atoms with Crippen molar-refractivity contribution in [2.75, 3.05) is 26.2 Å². The molecule has 2 nitrogen and oxygen atoms in total. The summed E-state index contributed by atoms with van der Waals surface area (Å²) in [5.41, 5.74) is 4.19. The van der Waals surface area contributed by atoms with E-state index in [1.54, 1.807) is 0 Å². The van der Waals surface area contributed by atoms with Crippen LogP contribution in [0.2, 0.25) is 5.02 Å². The van der Waals surface area contributed by atoms with Crippen LogP contribution in [0.15, 0.2) is 48.5 Å². The van der Waals surface area contributed by atoms with E-state index in [4.69, 9.17) is 11.6 Å². The monoisotopic (exact) mass is 314 g/mol. The Balaban J connectivity index is 1.50. The van der Waals surface area contributed by atoms with Crippen molar-refractivity contribution in [2.24, 2.45) is 0 Å². The lowest BCUT2D eigenvalue weighted by Crippen LogP contribution is -2.45. The molecule has 22 heavy (non-hydrogen) atoms. The summed E-state index contributed by atoms with van der Waals surface area (Å²) in [7, 11) is 0. The van der Waals surface area contributed by atoms with Crippen LogP contribution in [0.4, 0.5) is 0 Å². The van der Waals surface area contributed by atoms with Gasteiger partial charge in [-0.3, -0.25) is 9.80 Å². The Bertz CT molecular complexity index is 601. The third kappa shape index (κ3) is 4.10. The quantitative estimate of drug-likeness (QED) is 0.842. The number of aryl methyl sites for hydroxylation is 1. The van der Waals surface area contributed by atoms with Gasteiger partial charge >= 0.3 is 0 Å². The Labute approximate surface area is 138 Å². The fourth-order valence-corrected chi connectivity index (χ4v) is 3.11. The third-order valence-electron chi connectivity index (χ3n) is 4.44. The fourth-order valence-electron chi connectivity index (χ4n) is 2.98. The molecule has 1 aliphatic heterocycles. The molecule has 1 fully saturated rings. The van der Waals surface area contributed by atoms with Gasteiger partial charge < -0.3 is 0 Å². The van der Waals surface area contributed by atoms with Crippen molar-refractivity contribution < 1.29 is 0 Å². The molecule has 0 saturated carbocycles. The molecule has 0 aromatic heterocycles. The van der Waals surface area contributed by atoms with Gasteiger partial charge in [0.2, 0.25) is 0 Å². The number of piperazine rings is 1. The van der Waals surface area contributed by atoms with Crippen molar-refractivity contribution >= 4 is 11.6 Å². The number of hydrogen-bond donors (Lipinski definition) is 0. The van der Waals surface area contributed by atoms with Gasteiger partial charge in [0.05, 0.1) is 0 Å². The summed E-state index contributed by atoms with van der Waals surface area (Å²) in [5.74, 6) is 0. The Hall–Kier alpha value is -1.35. The zero-order valence-electron chi connectivity index (χ0n) is 13.1. The maximum atomic E-state index is 5.94. The molecular weight excluding hydrogens is 292 g/mol. The van der Waals surface area contributed by atoms with E-state index < -0.39 is 0 Å². The largest absolute Gasteiger partial charge is 0.297 e. The first-order valence-electron chi connectivity index (χ1n) is 7.94. The Morgan fingerprint density at radius 3 is 2.05 bits per heavy atom. The van der Waals surface area contributed by atoms with Crippen LogP contribution in [0.25, 0.3) is 0 Å². The molecule has 2 aromatic rings. The summed E-state index contributed by atoms with van der Waals surface area (Å²) in [5, 5.41) is 0.812. The van der Waals surface area contributed by atoms with E-state index in [1.807, 2.05) is 12.1 Å². The SMILES string of the molecule is Cc1ccccc1CN1CCN(Cc2ccc(Cl)cc2)CC1. The Morgan fingerprint density at radius 2 is 1.41 bits per heavy atom. The molecule has 0 atom stereocenters. The number of halogens is 1. The van der Waals surface area contributed by atoms with Crippen LogP contribution in [0.1, 0.15) is 16.7 Å². The molecule has 116 valence electrons. The van der Waals surface area contributed by atoms with Crippen LogP contribution in [-0.4, -0.2) is 36.0 Å². The zero-order valence-corrected chi connectivity index (χ0v) is 13.9. The van der Waals surface area contributed by atoms with Crippen molar-refractivity contribution in [2.45, 2.75) is 20.0 Å². The average molecular weight is 315 g/mol. The lowest BCUT2D eigenvalue weighted by atomic mass is 10.1. The minimum absolute atomic E-state index is 0.812. The number of rotatable bonds is 4. The van der Waals surface area contributed by atoms with Gasteiger partial charge in [-0.1, -0.05) is 48.0 Å². The number of benzene rings is 2. The van der Waals surface area contributed by atoms with Gasteiger partial charge in [0.1, 0.15) is 0 Å². The zero-order chi connectivity index (χ0) is 15.4. The second-order valence-corrected chi connectivity index (χ2v) is 6.54. The van der Waals surface area contributed by atoms with Crippen LogP contribution in [0.5, 0.6) is 0 Å². The maximum absolute atomic E-state index is 5.94. The summed E-state index contributed by atoms with van der Waals surface area (Å²) in [4.78, 5) is 5.08. The van der Waals surface area contributed by atoms with E-state index in [0.29, 0.717) is 0 Å². The number of nitrogens with zero attached hydrogens (tertiary/aromatic N) is 2. The first kappa shape index (κ1) is 15.5. The van der Waals surface area contributed by atoms with Gasteiger partial charge in [0.15, 0.2) is 0 Å². The minimum Gasteiger partial charge on any atom is -0.297 e. The van der Waals surface area contributed by atoms with E-state index in [2.05, 4.69) is 53.1 Å². The lowest BCUT2D eigenvalue weighted by molar-refractivity contribution is 0.122. The van der Waals surface area contributed by atoms with Crippen LogP contribution in [0, 0.1) is 6.92 Å². The smallest absolute Gasteiger partial charge is 0.0406 e. The van der Waals surface area contributed by atoms with E-state index >= 15 is 0 Å². The number of hydrogen-bond acceptors (Lipinski definition) is 2. The van der Waals surface area contributed by atoms with Crippen molar-refractivity contribution in [3.05, 3.63) is 70.2 Å². The molecule has 0 amide bonds. The molecule has 0 N–H and O–H groups in total. The molecule has 2 aromatic carbocycles. The minimum atomic E-state index is 0.812. The van der Waals surface area contributed by atoms with Crippen molar-refractivity contribution in [3.8, 4) is 0 Å². The van der Waals surface area contributed by atoms with Gasteiger partial charge in [0, 0.05) is 44.3 Å².